The molecule has 1 aliphatic rings. The SMILES string of the molecule is Cc1ccsc1CNC(=O)N(CCC(F)(F)F)C1CCC1. The molecule has 1 aliphatic carbocycles. The van der Waals surface area contributed by atoms with Crippen molar-refractivity contribution in [3.05, 3.63) is 21.9 Å². The van der Waals surface area contributed by atoms with Crippen LogP contribution in [0.3, 0.4) is 0 Å². The number of hydrogen-bond acceptors (Lipinski definition) is 2. The molecule has 1 aromatic heterocycles. The van der Waals surface area contributed by atoms with E-state index in [-0.39, 0.29) is 12.6 Å². The van der Waals surface area contributed by atoms with Gasteiger partial charge in [-0.25, -0.2) is 4.79 Å². The van der Waals surface area contributed by atoms with E-state index in [1.165, 1.54) is 16.2 Å². The fourth-order valence-electron chi connectivity index (χ4n) is 2.24. The highest BCUT2D eigenvalue weighted by Gasteiger charge is 2.33. The summed E-state index contributed by atoms with van der Waals surface area (Å²) < 4.78 is 37.1. The second-order valence-corrected chi connectivity index (χ2v) is 6.33. The van der Waals surface area contributed by atoms with Gasteiger partial charge in [-0.1, -0.05) is 0 Å². The third-order valence-electron chi connectivity index (χ3n) is 3.78. The minimum Gasteiger partial charge on any atom is -0.333 e. The van der Waals surface area contributed by atoms with Crippen LogP contribution in [0.25, 0.3) is 0 Å². The van der Waals surface area contributed by atoms with Gasteiger partial charge in [0.15, 0.2) is 0 Å². The average molecular weight is 320 g/mol. The first-order valence-corrected chi connectivity index (χ1v) is 7.89. The Morgan fingerprint density at radius 2 is 2.19 bits per heavy atom. The molecular formula is C14H19F3N2OS. The fourth-order valence-corrected chi connectivity index (χ4v) is 3.08. The van der Waals surface area contributed by atoms with Crippen molar-refractivity contribution in [1.29, 1.82) is 0 Å². The minimum atomic E-state index is -4.23. The smallest absolute Gasteiger partial charge is 0.333 e. The molecule has 0 aliphatic heterocycles. The van der Waals surface area contributed by atoms with Gasteiger partial charge in [-0.2, -0.15) is 13.2 Å². The van der Waals surface area contributed by atoms with Gasteiger partial charge in [-0.3, -0.25) is 0 Å². The average Bonchev–Trinajstić information content (AvgIpc) is 2.73. The maximum Gasteiger partial charge on any atom is 0.390 e. The molecule has 118 valence electrons. The molecule has 1 heterocycles. The van der Waals surface area contributed by atoms with Crippen molar-refractivity contribution in [1.82, 2.24) is 10.2 Å². The molecule has 3 nitrogen and oxygen atoms in total. The Morgan fingerprint density at radius 3 is 2.67 bits per heavy atom. The maximum absolute atomic E-state index is 12.4. The number of nitrogens with one attached hydrogen (secondary N) is 1. The number of rotatable bonds is 5. The van der Waals surface area contributed by atoms with Gasteiger partial charge in [0.25, 0.3) is 0 Å². The number of carbonyl (C=O) groups excluding carboxylic acids is 1. The van der Waals surface area contributed by atoms with Crippen LogP contribution in [-0.2, 0) is 6.54 Å². The lowest BCUT2D eigenvalue weighted by atomic mass is 9.91. The molecule has 21 heavy (non-hydrogen) atoms. The molecule has 2 amide bonds. The number of nitrogens with zero attached hydrogens (tertiary/aromatic N) is 1. The molecule has 1 N–H and O–H groups in total. The summed E-state index contributed by atoms with van der Waals surface area (Å²) in [4.78, 5) is 14.5. The number of thiophene rings is 1. The van der Waals surface area contributed by atoms with E-state index in [1.54, 1.807) is 0 Å². The Kier molecular flexibility index (Phi) is 5.13. The van der Waals surface area contributed by atoms with Gasteiger partial charge in [-0.05, 0) is 43.2 Å². The van der Waals surface area contributed by atoms with E-state index < -0.39 is 18.6 Å². The predicted molar refractivity (Wildman–Crippen MR) is 76.3 cm³/mol. The van der Waals surface area contributed by atoms with Gasteiger partial charge in [-0.15, -0.1) is 11.3 Å². The van der Waals surface area contributed by atoms with E-state index in [2.05, 4.69) is 5.32 Å². The molecule has 0 radical (unpaired) electrons. The predicted octanol–water partition coefficient (Wildman–Crippen LogP) is 4.07. The highest BCUT2D eigenvalue weighted by molar-refractivity contribution is 7.10. The van der Waals surface area contributed by atoms with Crippen molar-refractivity contribution >= 4 is 17.4 Å². The first kappa shape index (κ1) is 16.1. The second-order valence-electron chi connectivity index (χ2n) is 5.33. The van der Waals surface area contributed by atoms with Crippen LogP contribution in [0.4, 0.5) is 18.0 Å². The maximum atomic E-state index is 12.4. The number of amides is 2. The Balaban J connectivity index is 1.89. The second kappa shape index (κ2) is 6.68. The van der Waals surface area contributed by atoms with Crippen LogP contribution in [0.5, 0.6) is 0 Å². The number of aryl methyl sites for hydroxylation is 1. The van der Waals surface area contributed by atoms with E-state index in [9.17, 15) is 18.0 Å². The summed E-state index contributed by atoms with van der Waals surface area (Å²) in [6.07, 6.45) is -2.61. The lowest BCUT2D eigenvalue weighted by Crippen LogP contribution is -2.49. The summed E-state index contributed by atoms with van der Waals surface area (Å²) in [5, 5.41) is 4.68. The standard InChI is InChI=1S/C14H19F3N2OS/c1-10-5-8-21-12(10)9-18-13(20)19(11-3-2-4-11)7-6-14(15,16)17/h5,8,11H,2-4,6-7,9H2,1H3,(H,18,20). The monoisotopic (exact) mass is 320 g/mol. The van der Waals surface area contributed by atoms with E-state index in [0.717, 1.165) is 29.7 Å². The molecule has 1 saturated carbocycles. The zero-order chi connectivity index (χ0) is 15.5. The minimum absolute atomic E-state index is 0.0446. The van der Waals surface area contributed by atoms with Crippen LogP contribution in [-0.4, -0.2) is 29.7 Å². The van der Waals surface area contributed by atoms with Gasteiger partial charge in [0.2, 0.25) is 0 Å². The van der Waals surface area contributed by atoms with Gasteiger partial charge < -0.3 is 10.2 Å². The normalized spacial score (nSPS) is 15.6. The Bertz CT molecular complexity index is 483. The Labute approximate surface area is 126 Å². The van der Waals surface area contributed by atoms with Crippen molar-refractivity contribution < 1.29 is 18.0 Å². The third kappa shape index (κ3) is 4.62. The van der Waals surface area contributed by atoms with Crippen LogP contribution in [0, 0.1) is 6.92 Å². The van der Waals surface area contributed by atoms with Crippen LogP contribution in [0.15, 0.2) is 11.4 Å². The van der Waals surface area contributed by atoms with Crippen LogP contribution in [0.1, 0.15) is 36.1 Å². The summed E-state index contributed by atoms with van der Waals surface area (Å²) in [7, 11) is 0. The zero-order valence-corrected chi connectivity index (χ0v) is 12.7. The summed E-state index contributed by atoms with van der Waals surface area (Å²) in [5.74, 6) is 0. The molecule has 1 aromatic rings. The topological polar surface area (TPSA) is 32.3 Å². The van der Waals surface area contributed by atoms with Crippen LogP contribution in [0.2, 0.25) is 0 Å². The van der Waals surface area contributed by atoms with Gasteiger partial charge >= 0.3 is 12.2 Å². The van der Waals surface area contributed by atoms with Crippen molar-refractivity contribution in [2.24, 2.45) is 0 Å². The van der Waals surface area contributed by atoms with Crippen LogP contribution >= 0.6 is 11.3 Å². The molecule has 0 aromatic carbocycles. The highest BCUT2D eigenvalue weighted by Crippen LogP contribution is 2.27. The zero-order valence-electron chi connectivity index (χ0n) is 11.9. The molecule has 0 unspecified atom stereocenters. The fraction of sp³-hybridized carbons (Fsp3) is 0.643. The van der Waals surface area contributed by atoms with Gasteiger partial charge in [0.05, 0.1) is 13.0 Å². The molecule has 0 saturated heterocycles. The van der Waals surface area contributed by atoms with Crippen LogP contribution < -0.4 is 5.32 Å². The highest BCUT2D eigenvalue weighted by atomic mass is 32.1. The number of halogens is 3. The molecule has 2 rings (SSSR count). The van der Waals surface area contributed by atoms with E-state index in [4.69, 9.17) is 0 Å². The summed E-state index contributed by atoms with van der Waals surface area (Å²) in [5.41, 5.74) is 1.09. The Morgan fingerprint density at radius 1 is 1.48 bits per heavy atom. The van der Waals surface area contributed by atoms with E-state index in [0.29, 0.717) is 6.54 Å². The van der Waals surface area contributed by atoms with Crippen molar-refractivity contribution in [2.75, 3.05) is 6.54 Å². The molecular weight excluding hydrogens is 301 g/mol. The van der Waals surface area contributed by atoms with Crippen molar-refractivity contribution in [3.63, 3.8) is 0 Å². The van der Waals surface area contributed by atoms with Gasteiger partial charge in [0.1, 0.15) is 0 Å². The van der Waals surface area contributed by atoms with E-state index >= 15 is 0 Å². The molecule has 0 atom stereocenters. The number of alkyl halides is 3. The third-order valence-corrected chi connectivity index (χ3v) is 4.80. The first-order valence-electron chi connectivity index (χ1n) is 7.01. The molecule has 0 bridgehead atoms. The lowest BCUT2D eigenvalue weighted by molar-refractivity contribution is -0.137. The lowest BCUT2D eigenvalue weighted by Gasteiger charge is -2.37. The van der Waals surface area contributed by atoms with E-state index in [1.807, 2.05) is 18.4 Å². The summed E-state index contributed by atoms with van der Waals surface area (Å²) in [6.45, 7) is 2.06. The molecule has 7 heteroatoms. The Hall–Kier alpha value is -1.24. The molecule has 1 fully saturated rings. The largest absolute Gasteiger partial charge is 0.390 e. The van der Waals surface area contributed by atoms with Gasteiger partial charge in [0, 0.05) is 17.5 Å². The quantitative estimate of drug-likeness (QED) is 0.871. The molecule has 0 spiro atoms. The number of carbonyl (C=O) groups is 1. The number of urea groups is 1. The summed E-state index contributed by atoms with van der Waals surface area (Å²) in [6, 6.07) is 1.52. The first-order chi connectivity index (χ1) is 9.87. The van der Waals surface area contributed by atoms with Crippen molar-refractivity contribution in [3.8, 4) is 0 Å². The van der Waals surface area contributed by atoms with Crippen molar-refractivity contribution in [2.45, 2.75) is 51.4 Å². The number of hydrogen-bond donors (Lipinski definition) is 1. The summed E-state index contributed by atoms with van der Waals surface area (Å²) >= 11 is 1.54.